The van der Waals surface area contributed by atoms with Crippen molar-refractivity contribution in [3.05, 3.63) is 88.4 Å². The van der Waals surface area contributed by atoms with Crippen LogP contribution in [0.4, 0.5) is 5.69 Å². The van der Waals surface area contributed by atoms with Crippen LogP contribution in [-0.2, 0) is 12.8 Å². The third-order valence-corrected chi connectivity index (χ3v) is 4.93. The van der Waals surface area contributed by atoms with Gasteiger partial charge in [-0.15, -0.1) is 11.3 Å². The van der Waals surface area contributed by atoms with Crippen LogP contribution in [0, 0.1) is 0 Å². The number of carbonyl (C=O) groups excluding carboxylic acids is 1. The summed E-state index contributed by atoms with van der Waals surface area (Å²) in [4.78, 5) is 17.3. The van der Waals surface area contributed by atoms with Gasteiger partial charge in [-0.05, 0) is 35.6 Å². The Morgan fingerprint density at radius 3 is 2.70 bits per heavy atom. The molecule has 0 aliphatic rings. The first-order valence-electron chi connectivity index (χ1n) is 8.60. The average Bonchev–Trinajstić information content (AvgIpc) is 3.40. The molecule has 4 aromatic rings. The molecular weight excluding hydrogens is 358 g/mol. The molecule has 1 amide bonds. The van der Waals surface area contributed by atoms with Crippen molar-refractivity contribution >= 4 is 22.9 Å². The predicted molar refractivity (Wildman–Crippen MR) is 106 cm³/mol. The van der Waals surface area contributed by atoms with Crippen LogP contribution in [0.2, 0.25) is 0 Å². The van der Waals surface area contributed by atoms with Crippen LogP contribution in [0.5, 0.6) is 0 Å². The summed E-state index contributed by atoms with van der Waals surface area (Å²) < 4.78 is 5.37. The number of thiophene rings is 1. The molecule has 27 heavy (non-hydrogen) atoms. The molecule has 2 aromatic carbocycles. The largest absolute Gasteiger partial charge is 0.339 e. The minimum Gasteiger partial charge on any atom is -0.339 e. The first kappa shape index (κ1) is 17.2. The molecule has 0 spiro atoms. The van der Waals surface area contributed by atoms with E-state index in [1.54, 1.807) is 6.07 Å². The highest BCUT2D eigenvalue weighted by Gasteiger charge is 2.11. The van der Waals surface area contributed by atoms with E-state index in [-0.39, 0.29) is 5.91 Å². The number of carbonyl (C=O) groups is 1. The number of anilines is 1. The van der Waals surface area contributed by atoms with Crippen LogP contribution < -0.4 is 5.32 Å². The smallest absolute Gasteiger partial charge is 0.265 e. The summed E-state index contributed by atoms with van der Waals surface area (Å²) in [5.74, 6) is 0.992. The molecule has 0 bridgehead atoms. The maximum Gasteiger partial charge on any atom is 0.265 e. The van der Waals surface area contributed by atoms with Crippen LogP contribution in [0.15, 0.2) is 76.6 Å². The molecule has 5 nitrogen and oxygen atoms in total. The Balaban J connectivity index is 1.44. The Morgan fingerprint density at radius 2 is 1.89 bits per heavy atom. The Hall–Kier alpha value is -3.25. The normalized spacial score (nSPS) is 10.7. The lowest BCUT2D eigenvalue weighted by molar-refractivity contribution is 0.103. The Labute approximate surface area is 160 Å². The zero-order valence-electron chi connectivity index (χ0n) is 14.5. The summed E-state index contributed by atoms with van der Waals surface area (Å²) >= 11 is 1.41. The quantitative estimate of drug-likeness (QED) is 0.524. The van der Waals surface area contributed by atoms with Gasteiger partial charge in [0.05, 0.1) is 4.88 Å². The fraction of sp³-hybridized carbons (Fsp3) is 0.0952. The first-order valence-corrected chi connectivity index (χ1v) is 9.48. The van der Waals surface area contributed by atoms with Crippen molar-refractivity contribution in [1.29, 1.82) is 0 Å². The molecule has 6 heteroatoms. The Kier molecular flexibility index (Phi) is 5.07. The van der Waals surface area contributed by atoms with Gasteiger partial charge in [0.25, 0.3) is 5.91 Å². The van der Waals surface area contributed by atoms with Crippen LogP contribution in [0.1, 0.15) is 21.1 Å². The second kappa shape index (κ2) is 7.97. The van der Waals surface area contributed by atoms with Crippen molar-refractivity contribution < 1.29 is 9.32 Å². The molecule has 0 atom stereocenters. The van der Waals surface area contributed by atoms with Gasteiger partial charge < -0.3 is 9.84 Å². The molecule has 0 unspecified atom stereocenters. The fourth-order valence-electron chi connectivity index (χ4n) is 2.71. The van der Waals surface area contributed by atoms with Crippen molar-refractivity contribution in [2.45, 2.75) is 12.8 Å². The number of nitrogens with one attached hydrogen (secondary N) is 1. The van der Waals surface area contributed by atoms with E-state index in [9.17, 15) is 4.79 Å². The van der Waals surface area contributed by atoms with Crippen LogP contribution in [0.25, 0.3) is 11.4 Å². The lowest BCUT2D eigenvalue weighted by Crippen LogP contribution is -2.09. The van der Waals surface area contributed by atoms with E-state index >= 15 is 0 Å². The van der Waals surface area contributed by atoms with Gasteiger partial charge in [-0.25, -0.2) is 0 Å². The third kappa shape index (κ3) is 4.30. The number of hydrogen-bond acceptors (Lipinski definition) is 5. The van der Waals surface area contributed by atoms with Gasteiger partial charge in [-0.1, -0.05) is 53.7 Å². The highest BCUT2D eigenvalue weighted by atomic mass is 32.1. The maximum atomic E-state index is 12.2. The van der Waals surface area contributed by atoms with E-state index in [2.05, 4.69) is 27.6 Å². The SMILES string of the molecule is O=C(Nc1cccc(-c2noc(CCc3ccccc3)n2)c1)c1cccs1. The van der Waals surface area contributed by atoms with Crippen molar-refractivity contribution in [2.75, 3.05) is 5.32 Å². The highest BCUT2D eigenvalue weighted by Crippen LogP contribution is 2.21. The molecule has 2 aromatic heterocycles. The van der Waals surface area contributed by atoms with Gasteiger partial charge in [0.1, 0.15) is 0 Å². The summed E-state index contributed by atoms with van der Waals surface area (Å²) in [7, 11) is 0. The van der Waals surface area contributed by atoms with E-state index < -0.39 is 0 Å². The van der Waals surface area contributed by atoms with Crippen LogP contribution in [-0.4, -0.2) is 16.0 Å². The number of nitrogens with zero attached hydrogens (tertiary/aromatic N) is 2. The fourth-order valence-corrected chi connectivity index (χ4v) is 3.33. The molecular formula is C21H17N3O2S. The van der Waals surface area contributed by atoms with Crippen LogP contribution in [0.3, 0.4) is 0 Å². The van der Waals surface area contributed by atoms with E-state index in [0.29, 0.717) is 28.7 Å². The Morgan fingerprint density at radius 1 is 1.00 bits per heavy atom. The number of rotatable bonds is 6. The molecule has 2 heterocycles. The van der Waals surface area contributed by atoms with Crippen molar-refractivity contribution in [2.24, 2.45) is 0 Å². The van der Waals surface area contributed by atoms with E-state index in [4.69, 9.17) is 4.52 Å². The maximum absolute atomic E-state index is 12.2. The summed E-state index contributed by atoms with van der Waals surface area (Å²) in [5, 5.41) is 8.84. The van der Waals surface area contributed by atoms with Crippen molar-refractivity contribution in [3.63, 3.8) is 0 Å². The number of benzene rings is 2. The summed E-state index contributed by atoms with van der Waals surface area (Å²) in [5.41, 5.74) is 2.73. The zero-order valence-corrected chi connectivity index (χ0v) is 15.3. The minimum atomic E-state index is -0.126. The number of amides is 1. The van der Waals surface area contributed by atoms with E-state index in [1.165, 1.54) is 16.9 Å². The van der Waals surface area contributed by atoms with Crippen molar-refractivity contribution in [1.82, 2.24) is 10.1 Å². The Bertz CT molecular complexity index is 1030. The van der Waals surface area contributed by atoms with Gasteiger partial charge in [0.2, 0.25) is 11.7 Å². The predicted octanol–water partition coefficient (Wildman–Crippen LogP) is 4.84. The summed E-state index contributed by atoms with van der Waals surface area (Å²) in [6, 6.07) is 21.3. The molecule has 0 aliphatic heterocycles. The van der Waals surface area contributed by atoms with Gasteiger partial charge in [0, 0.05) is 17.7 Å². The number of aromatic nitrogens is 2. The molecule has 0 aliphatic carbocycles. The molecule has 4 rings (SSSR count). The second-order valence-corrected chi connectivity index (χ2v) is 6.96. The van der Waals surface area contributed by atoms with Crippen molar-refractivity contribution in [3.8, 4) is 11.4 Å². The average molecular weight is 375 g/mol. The van der Waals surface area contributed by atoms with Gasteiger partial charge >= 0.3 is 0 Å². The minimum absolute atomic E-state index is 0.126. The molecule has 0 saturated carbocycles. The molecule has 1 N–H and O–H groups in total. The van der Waals surface area contributed by atoms with Crippen LogP contribution >= 0.6 is 11.3 Å². The zero-order chi connectivity index (χ0) is 18.5. The molecule has 134 valence electrons. The summed E-state index contributed by atoms with van der Waals surface area (Å²) in [6.45, 7) is 0. The summed E-state index contributed by atoms with van der Waals surface area (Å²) in [6.07, 6.45) is 1.53. The first-order chi connectivity index (χ1) is 13.3. The van der Waals surface area contributed by atoms with Gasteiger partial charge in [0.15, 0.2) is 0 Å². The highest BCUT2D eigenvalue weighted by molar-refractivity contribution is 7.12. The standard InChI is InChI=1S/C21H17N3O2S/c25-21(18-10-5-13-27-18)22-17-9-4-8-16(14-17)20-23-19(26-24-20)12-11-15-6-2-1-3-7-15/h1-10,13-14H,11-12H2,(H,22,25). The third-order valence-electron chi connectivity index (χ3n) is 4.06. The lowest BCUT2D eigenvalue weighted by Gasteiger charge is -2.04. The number of aryl methyl sites for hydroxylation is 2. The number of hydrogen-bond donors (Lipinski definition) is 1. The molecule has 0 radical (unpaired) electrons. The monoisotopic (exact) mass is 375 g/mol. The lowest BCUT2D eigenvalue weighted by atomic mass is 10.1. The van der Waals surface area contributed by atoms with E-state index in [1.807, 2.05) is 53.9 Å². The van der Waals surface area contributed by atoms with Gasteiger partial charge in [-0.2, -0.15) is 4.98 Å². The second-order valence-electron chi connectivity index (χ2n) is 6.01. The topological polar surface area (TPSA) is 68.0 Å². The van der Waals surface area contributed by atoms with E-state index in [0.717, 1.165) is 12.0 Å². The van der Waals surface area contributed by atoms with Gasteiger partial charge in [-0.3, -0.25) is 4.79 Å². The molecule has 0 fully saturated rings. The molecule has 0 saturated heterocycles.